The largest absolute Gasteiger partial charge is 0.484 e. The number of carbonyl (C=O) groups is 1. The van der Waals surface area contributed by atoms with E-state index in [2.05, 4.69) is 27.2 Å². The van der Waals surface area contributed by atoms with Gasteiger partial charge in [-0.2, -0.15) is 5.10 Å². The predicted molar refractivity (Wildman–Crippen MR) is 104 cm³/mol. The van der Waals surface area contributed by atoms with Crippen LogP contribution in [0, 0.1) is 0 Å². The fraction of sp³-hybridized carbons (Fsp3) is 0.273. The lowest BCUT2D eigenvalue weighted by Crippen LogP contribution is -2.34. The van der Waals surface area contributed by atoms with Gasteiger partial charge in [-0.15, -0.1) is 0 Å². The van der Waals surface area contributed by atoms with Crippen LogP contribution >= 0.6 is 0 Å². The summed E-state index contributed by atoms with van der Waals surface area (Å²) in [5.41, 5.74) is 3.58. The zero-order valence-corrected chi connectivity index (χ0v) is 15.2. The molecule has 1 amide bonds. The van der Waals surface area contributed by atoms with Crippen LogP contribution in [0.15, 0.2) is 66.9 Å². The molecular formula is C22H23N3O2. The monoisotopic (exact) mass is 361 g/mol. The van der Waals surface area contributed by atoms with E-state index in [0.29, 0.717) is 5.75 Å². The van der Waals surface area contributed by atoms with Gasteiger partial charge in [0.25, 0.3) is 5.91 Å². The number of hydrogen-bond donors (Lipinski definition) is 1. The second-order valence-corrected chi connectivity index (χ2v) is 6.80. The zero-order chi connectivity index (χ0) is 18.5. The smallest absolute Gasteiger partial charge is 0.258 e. The summed E-state index contributed by atoms with van der Waals surface area (Å²) in [7, 11) is 0. The Labute approximate surface area is 159 Å². The van der Waals surface area contributed by atoms with Crippen LogP contribution in [0.1, 0.15) is 35.7 Å². The van der Waals surface area contributed by atoms with Gasteiger partial charge in [-0.3, -0.25) is 9.48 Å². The average Bonchev–Trinajstić information content (AvgIpc) is 3.12. The van der Waals surface area contributed by atoms with Gasteiger partial charge in [-0.25, -0.2) is 0 Å². The van der Waals surface area contributed by atoms with Crippen LogP contribution in [0.2, 0.25) is 0 Å². The third kappa shape index (κ3) is 4.19. The highest BCUT2D eigenvalue weighted by molar-refractivity contribution is 5.78. The Bertz CT molecular complexity index is 890. The Balaban J connectivity index is 1.40. The molecule has 5 nitrogen and oxygen atoms in total. The van der Waals surface area contributed by atoms with E-state index in [0.717, 1.165) is 31.4 Å². The topological polar surface area (TPSA) is 56.1 Å². The van der Waals surface area contributed by atoms with E-state index in [4.69, 9.17) is 4.74 Å². The van der Waals surface area contributed by atoms with E-state index in [9.17, 15) is 4.79 Å². The van der Waals surface area contributed by atoms with E-state index < -0.39 is 0 Å². The lowest BCUT2D eigenvalue weighted by atomic mass is 9.93. The number of aromatic nitrogens is 2. The highest BCUT2D eigenvalue weighted by atomic mass is 16.5. The van der Waals surface area contributed by atoms with Gasteiger partial charge in [-0.05, 0) is 37.0 Å². The van der Waals surface area contributed by atoms with Crippen molar-refractivity contribution in [1.29, 1.82) is 0 Å². The number of hydrogen-bond acceptors (Lipinski definition) is 3. The van der Waals surface area contributed by atoms with Crippen LogP contribution in [-0.2, 0) is 17.8 Å². The maximum Gasteiger partial charge on any atom is 0.258 e. The first kappa shape index (κ1) is 17.3. The molecule has 1 N–H and O–H groups in total. The molecule has 2 aromatic carbocycles. The standard InChI is InChI=1S/C22H23N3O2/c26-22(16-27-18-10-5-2-6-11-18)24-20-12-7-13-21-19(20)14-23-25(21)15-17-8-3-1-4-9-17/h1-6,8-11,14,20H,7,12-13,15-16H2,(H,24,26)/t20-/m0/s1. The van der Waals surface area contributed by atoms with E-state index in [1.54, 1.807) is 0 Å². The third-order valence-electron chi connectivity index (χ3n) is 4.89. The first-order valence-corrected chi connectivity index (χ1v) is 9.35. The molecule has 0 fully saturated rings. The molecule has 3 aromatic rings. The van der Waals surface area contributed by atoms with Crippen molar-refractivity contribution in [2.75, 3.05) is 6.61 Å². The molecule has 0 bridgehead atoms. The highest BCUT2D eigenvalue weighted by Gasteiger charge is 2.25. The minimum absolute atomic E-state index is 0.00477. The second kappa shape index (κ2) is 8.08. The number of nitrogens with zero attached hydrogens (tertiary/aromatic N) is 2. The molecule has 138 valence electrons. The Hall–Kier alpha value is -3.08. The van der Waals surface area contributed by atoms with Crippen LogP contribution in [-0.4, -0.2) is 22.3 Å². The molecule has 1 heterocycles. The summed E-state index contributed by atoms with van der Waals surface area (Å²) in [5, 5.41) is 7.68. The fourth-order valence-corrected chi connectivity index (χ4v) is 3.56. The molecule has 1 aliphatic carbocycles. The Morgan fingerprint density at radius 2 is 1.85 bits per heavy atom. The minimum atomic E-state index is -0.104. The fourth-order valence-electron chi connectivity index (χ4n) is 3.56. The van der Waals surface area contributed by atoms with Crippen molar-refractivity contribution in [3.63, 3.8) is 0 Å². The summed E-state index contributed by atoms with van der Waals surface area (Å²) >= 11 is 0. The molecule has 0 radical (unpaired) electrons. The average molecular weight is 361 g/mol. The molecule has 0 unspecified atom stereocenters. The van der Waals surface area contributed by atoms with Gasteiger partial charge < -0.3 is 10.1 Å². The number of para-hydroxylation sites is 1. The molecule has 1 atom stereocenters. The molecule has 1 aromatic heterocycles. The maximum absolute atomic E-state index is 12.3. The minimum Gasteiger partial charge on any atom is -0.484 e. The summed E-state index contributed by atoms with van der Waals surface area (Å²) in [6.07, 6.45) is 4.87. The molecule has 0 spiro atoms. The Kier molecular flexibility index (Phi) is 5.19. The van der Waals surface area contributed by atoms with Crippen molar-refractivity contribution in [2.45, 2.75) is 31.8 Å². The first-order valence-electron chi connectivity index (χ1n) is 9.35. The summed E-state index contributed by atoms with van der Waals surface area (Å²) in [5.74, 6) is 0.597. The first-order chi connectivity index (χ1) is 13.3. The second-order valence-electron chi connectivity index (χ2n) is 6.80. The molecule has 4 rings (SSSR count). The number of ether oxygens (including phenoxy) is 1. The Morgan fingerprint density at radius 3 is 2.63 bits per heavy atom. The van der Waals surface area contributed by atoms with E-state index in [1.165, 1.54) is 11.3 Å². The van der Waals surface area contributed by atoms with E-state index >= 15 is 0 Å². The van der Waals surface area contributed by atoms with Crippen molar-refractivity contribution in [1.82, 2.24) is 15.1 Å². The van der Waals surface area contributed by atoms with Crippen LogP contribution in [0.4, 0.5) is 0 Å². The van der Waals surface area contributed by atoms with Crippen molar-refractivity contribution in [3.8, 4) is 5.75 Å². The number of benzene rings is 2. The SMILES string of the molecule is O=C(COc1ccccc1)N[C@H]1CCCc2c1cnn2Cc1ccccc1. The molecule has 27 heavy (non-hydrogen) atoms. The predicted octanol–water partition coefficient (Wildman–Crippen LogP) is 3.50. The molecule has 0 aliphatic heterocycles. The van der Waals surface area contributed by atoms with E-state index in [1.807, 2.05) is 54.7 Å². The lowest BCUT2D eigenvalue weighted by Gasteiger charge is -2.24. The highest BCUT2D eigenvalue weighted by Crippen LogP contribution is 2.30. The van der Waals surface area contributed by atoms with Gasteiger partial charge in [-0.1, -0.05) is 48.5 Å². The van der Waals surface area contributed by atoms with Gasteiger partial charge in [0.1, 0.15) is 5.75 Å². The van der Waals surface area contributed by atoms with Crippen LogP contribution < -0.4 is 10.1 Å². The summed E-state index contributed by atoms with van der Waals surface area (Å²) in [6, 6.07) is 19.7. The molecule has 1 aliphatic rings. The number of amides is 1. The van der Waals surface area contributed by atoms with Crippen molar-refractivity contribution in [2.24, 2.45) is 0 Å². The van der Waals surface area contributed by atoms with Crippen LogP contribution in [0.5, 0.6) is 5.75 Å². The van der Waals surface area contributed by atoms with Crippen LogP contribution in [0.3, 0.4) is 0 Å². The Morgan fingerprint density at radius 1 is 1.11 bits per heavy atom. The van der Waals surface area contributed by atoms with Crippen LogP contribution in [0.25, 0.3) is 0 Å². The molecule has 0 saturated heterocycles. The number of nitrogens with one attached hydrogen (secondary N) is 1. The van der Waals surface area contributed by atoms with Gasteiger partial charge >= 0.3 is 0 Å². The third-order valence-corrected chi connectivity index (χ3v) is 4.89. The normalized spacial score (nSPS) is 15.8. The quantitative estimate of drug-likeness (QED) is 0.731. The number of rotatable bonds is 6. The van der Waals surface area contributed by atoms with Gasteiger partial charge in [0.15, 0.2) is 6.61 Å². The zero-order valence-electron chi connectivity index (χ0n) is 15.2. The molecular weight excluding hydrogens is 338 g/mol. The summed E-state index contributed by atoms with van der Waals surface area (Å²) < 4.78 is 7.61. The molecule has 0 saturated carbocycles. The van der Waals surface area contributed by atoms with Gasteiger partial charge in [0.2, 0.25) is 0 Å². The summed E-state index contributed by atoms with van der Waals surface area (Å²) in [6.45, 7) is 0.780. The molecule has 5 heteroatoms. The van der Waals surface area contributed by atoms with Crippen molar-refractivity contribution < 1.29 is 9.53 Å². The maximum atomic E-state index is 12.3. The van der Waals surface area contributed by atoms with E-state index in [-0.39, 0.29) is 18.6 Å². The number of carbonyl (C=O) groups excluding carboxylic acids is 1. The van der Waals surface area contributed by atoms with Gasteiger partial charge in [0, 0.05) is 11.3 Å². The lowest BCUT2D eigenvalue weighted by molar-refractivity contribution is -0.123. The van der Waals surface area contributed by atoms with Gasteiger partial charge in [0.05, 0.1) is 18.8 Å². The van der Waals surface area contributed by atoms with Crippen molar-refractivity contribution in [3.05, 3.63) is 83.7 Å². The van der Waals surface area contributed by atoms with Crippen molar-refractivity contribution >= 4 is 5.91 Å². The number of fused-ring (bicyclic) bond motifs is 1. The summed E-state index contributed by atoms with van der Waals surface area (Å²) in [4.78, 5) is 12.3.